The number of hydrogen-bond donors (Lipinski definition) is 3. The second-order valence-corrected chi connectivity index (χ2v) is 5.21. The number of nitrogens with zero attached hydrogens (tertiary/aromatic N) is 1. The first-order valence-corrected chi connectivity index (χ1v) is 7.57. The topological polar surface area (TPSA) is 144 Å². The molecule has 0 aliphatic rings. The lowest BCUT2D eigenvalue weighted by Gasteiger charge is -2.11. The van der Waals surface area contributed by atoms with Gasteiger partial charge in [0.25, 0.3) is 5.69 Å². The van der Waals surface area contributed by atoms with Crippen LogP contribution in [0.4, 0.5) is 11.4 Å². The predicted octanol–water partition coefficient (Wildman–Crippen LogP) is 0.839. The lowest BCUT2D eigenvalue weighted by Crippen LogP contribution is -2.36. The van der Waals surface area contributed by atoms with E-state index in [-0.39, 0.29) is 30.0 Å². The molecule has 0 spiro atoms. The van der Waals surface area contributed by atoms with Gasteiger partial charge in [0.05, 0.1) is 29.3 Å². The summed E-state index contributed by atoms with van der Waals surface area (Å²) in [5.41, 5.74) is 5.26. The molecule has 26 heavy (non-hydrogen) atoms. The monoisotopic (exact) mass is 356 g/mol. The molecule has 0 radical (unpaired) electrons. The van der Waals surface area contributed by atoms with Gasteiger partial charge in [-0.15, -0.1) is 0 Å². The van der Waals surface area contributed by atoms with Gasteiger partial charge in [-0.2, -0.15) is 0 Å². The second-order valence-electron chi connectivity index (χ2n) is 5.21. The van der Waals surface area contributed by atoms with E-state index >= 15 is 0 Å². The first kappa shape index (κ1) is 18.7. The Morgan fingerprint density at radius 3 is 2.35 bits per heavy atom. The van der Waals surface area contributed by atoms with Crippen LogP contribution in [0.25, 0.3) is 0 Å². The number of nitrogens with one attached hydrogen (secondary N) is 2. The van der Waals surface area contributed by atoms with Crippen molar-refractivity contribution in [1.29, 1.82) is 0 Å². The van der Waals surface area contributed by atoms with Crippen LogP contribution in [-0.4, -0.2) is 35.6 Å². The average molecular weight is 356 g/mol. The molecule has 0 fully saturated rings. The van der Waals surface area contributed by atoms with Crippen LogP contribution in [0.1, 0.15) is 15.9 Å². The number of benzene rings is 2. The van der Waals surface area contributed by atoms with Gasteiger partial charge < -0.3 is 16.4 Å². The quantitative estimate of drug-likeness (QED) is 0.381. The molecule has 0 aromatic heterocycles. The Morgan fingerprint density at radius 1 is 1.04 bits per heavy atom. The molecule has 0 unspecified atom stereocenters. The minimum Gasteiger partial charge on any atom is -0.346 e. The number of nitro benzene ring substituents is 1. The summed E-state index contributed by atoms with van der Waals surface area (Å²) in [5, 5.41) is 15.8. The van der Waals surface area contributed by atoms with E-state index in [2.05, 4.69) is 10.6 Å². The zero-order valence-corrected chi connectivity index (χ0v) is 13.6. The van der Waals surface area contributed by atoms with Crippen molar-refractivity contribution < 1.29 is 19.3 Å². The van der Waals surface area contributed by atoms with Crippen molar-refractivity contribution >= 4 is 29.0 Å². The van der Waals surface area contributed by atoms with Crippen molar-refractivity contribution in [2.45, 2.75) is 0 Å². The van der Waals surface area contributed by atoms with Crippen LogP contribution in [0.15, 0.2) is 48.5 Å². The van der Waals surface area contributed by atoms with Gasteiger partial charge in [-0.1, -0.05) is 30.3 Å². The van der Waals surface area contributed by atoms with Gasteiger partial charge in [0, 0.05) is 17.7 Å². The van der Waals surface area contributed by atoms with E-state index in [0.717, 1.165) is 6.07 Å². The van der Waals surface area contributed by atoms with Gasteiger partial charge in [-0.3, -0.25) is 24.5 Å². The van der Waals surface area contributed by atoms with E-state index < -0.39 is 22.5 Å². The summed E-state index contributed by atoms with van der Waals surface area (Å²) in [6, 6.07) is 11.7. The van der Waals surface area contributed by atoms with E-state index in [1.807, 2.05) is 0 Å². The first-order valence-electron chi connectivity index (χ1n) is 7.57. The summed E-state index contributed by atoms with van der Waals surface area (Å²) in [6.45, 7) is -0.603. The Balaban J connectivity index is 2.30. The van der Waals surface area contributed by atoms with Gasteiger partial charge in [-0.25, -0.2) is 0 Å². The minimum absolute atomic E-state index is 0.0242. The Hall–Kier alpha value is -3.59. The van der Waals surface area contributed by atoms with Gasteiger partial charge in [0.2, 0.25) is 11.8 Å². The summed E-state index contributed by atoms with van der Waals surface area (Å²) < 4.78 is 0. The highest BCUT2D eigenvalue weighted by atomic mass is 16.6. The fourth-order valence-electron chi connectivity index (χ4n) is 2.13. The Labute approximate surface area is 148 Å². The van der Waals surface area contributed by atoms with Crippen molar-refractivity contribution in [3.8, 4) is 0 Å². The molecule has 4 N–H and O–H groups in total. The van der Waals surface area contributed by atoms with Crippen LogP contribution in [0.2, 0.25) is 0 Å². The molecule has 0 atom stereocenters. The smallest absolute Gasteiger partial charge is 0.270 e. The molecule has 2 aromatic rings. The lowest BCUT2D eigenvalue weighted by molar-refractivity contribution is -0.384. The molecule has 0 saturated carbocycles. The van der Waals surface area contributed by atoms with Crippen LogP contribution in [0.3, 0.4) is 0 Å². The number of rotatable bonds is 7. The molecule has 2 amide bonds. The van der Waals surface area contributed by atoms with Gasteiger partial charge in [-0.05, 0) is 6.07 Å². The van der Waals surface area contributed by atoms with Crippen molar-refractivity contribution in [3.63, 3.8) is 0 Å². The van der Waals surface area contributed by atoms with E-state index in [0.29, 0.717) is 5.56 Å². The molecule has 2 rings (SSSR count). The molecule has 0 heterocycles. The summed E-state index contributed by atoms with van der Waals surface area (Å²) >= 11 is 0. The van der Waals surface area contributed by atoms with Crippen molar-refractivity contribution in [1.82, 2.24) is 5.32 Å². The van der Waals surface area contributed by atoms with E-state index in [9.17, 15) is 24.5 Å². The SMILES string of the molecule is NCC(=O)NCC(=O)Nc1ccc([N+](=O)[O-])cc1C(=O)c1ccccc1. The third-order valence-electron chi connectivity index (χ3n) is 3.40. The molecular formula is C17H16N4O5. The number of non-ortho nitro benzene ring substituents is 1. The normalized spacial score (nSPS) is 10.0. The highest BCUT2D eigenvalue weighted by Crippen LogP contribution is 2.25. The van der Waals surface area contributed by atoms with Crippen LogP contribution in [-0.2, 0) is 9.59 Å². The molecule has 2 aromatic carbocycles. The maximum absolute atomic E-state index is 12.7. The van der Waals surface area contributed by atoms with E-state index in [1.165, 1.54) is 12.1 Å². The molecule has 0 aliphatic carbocycles. The van der Waals surface area contributed by atoms with Gasteiger partial charge >= 0.3 is 0 Å². The zero-order valence-electron chi connectivity index (χ0n) is 13.6. The third-order valence-corrected chi connectivity index (χ3v) is 3.40. The standard InChI is InChI=1S/C17H16N4O5/c18-9-15(22)19-10-16(23)20-14-7-6-12(21(25)26)8-13(14)17(24)11-4-2-1-3-5-11/h1-8H,9-10,18H2,(H,19,22)(H,20,23). The summed E-state index contributed by atoms with van der Waals surface area (Å²) in [4.78, 5) is 46.1. The summed E-state index contributed by atoms with van der Waals surface area (Å²) in [5.74, 6) is -1.58. The maximum atomic E-state index is 12.7. The van der Waals surface area contributed by atoms with Crippen LogP contribution >= 0.6 is 0 Å². The van der Waals surface area contributed by atoms with Crippen LogP contribution in [0.5, 0.6) is 0 Å². The van der Waals surface area contributed by atoms with E-state index in [1.54, 1.807) is 30.3 Å². The highest BCUT2D eigenvalue weighted by Gasteiger charge is 2.19. The number of nitro groups is 1. The second kappa shape index (κ2) is 8.49. The van der Waals surface area contributed by atoms with Gasteiger partial charge in [0.1, 0.15) is 0 Å². The predicted molar refractivity (Wildman–Crippen MR) is 93.7 cm³/mol. The van der Waals surface area contributed by atoms with E-state index in [4.69, 9.17) is 5.73 Å². The molecule has 0 bridgehead atoms. The fourth-order valence-corrected chi connectivity index (χ4v) is 2.13. The minimum atomic E-state index is -0.630. The van der Waals surface area contributed by atoms with Crippen LogP contribution < -0.4 is 16.4 Å². The number of carbonyl (C=O) groups is 3. The summed E-state index contributed by atoms with van der Waals surface area (Å²) in [6.07, 6.45) is 0. The molecule has 9 heteroatoms. The highest BCUT2D eigenvalue weighted by molar-refractivity contribution is 6.14. The average Bonchev–Trinajstić information content (AvgIpc) is 2.66. The molecule has 9 nitrogen and oxygen atoms in total. The fraction of sp³-hybridized carbons (Fsp3) is 0.118. The Kier molecular flexibility index (Phi) is 6.12. The zero-order chi connectivity index (χ0) is 19.1. The number of ketones is 1. The first-order chi connectivity index (χ1) is 12.4. The number of hydrogen-bond acceptors (Lipinski definition) is 6. The number of amides is 2. The number of carbonyl (C=O) groups excluding carboxylic acids is 3. The Bertz CT molecular complexity index is 851. The number of anilines is 1. The Morgan fingerprint density at radius 2 is 1.73 bits per heavy atom. The summed E-state index contributed by atoms with van der Waals surface area (Å²) in [7, 11) is 0. The molecule has 0 saturated heterocycles. The largest absolute Gasteiger partial charge is 0.346 e. The van der Waals surface area contributed by atoms with Crippen LogP contribution in [0, 0.1) is 10.1 Å². The molecular weight excluding hydrogens is 340 g/mol. The number of nitrogens with two attached hydrogens (primary N) is 1. The van der Waals surface area contributed by atoms with Crippen molar-refractivity contribution in [3.05, 3.63) is 69.8 Å². The maximum Gasteiger partial charge on any atom is 0.270 e. The lowest BCUT2D eigenvalue weighted by atomic mass is 10.0. The third kappa shape index (κ3) is 4.71. The van der Waals surface area contributed by atoms with Crippen molar-refractivity contribution in [2.75, 3.05) is 18.4 Å². The van der Waals surface area contributed by atoms with Crippen molar-refractivity contribution in [2.24, 2.45) is 5.73 Å². The molecule has 0 aliphatic heterocycles. The van der Waals surface area contributed by atoms with Gasteiger partial charge in [0.15, 0.2) is 5.78 Å². The molecule has 134 valence electrons.